The Labute approximate surface area is 147 Å². The zero-order valence-electron chi connectivity index (χ0n) is 14.5. The number of amides is 2. The van der Waals surface area contributed by atoms with Gasteiger partial charge in [0, 0.05) is 38.1 Å². The lowest BCUT2D eigenvalue weighted by molar-refractivity contribution is 0.0665. The van der Waals surface area contributed by atoms with Crippen LogP contribution in [-0.4, -0.2) is 59.8 Å². The minimum Gasteiger partial charge on any atom is -0.336 e. The summed E-state index contributed by atoms with van der Waals surface area (Å²) in [4.78, 5) is 33.4. The fourth-order valence-electron chi connectivity index (χ4n) is 2.76. The predicted octanol–water partition coefficient (Wildman–Crippen LogP) is 2.03. The number of anilines is 1. The molecule has 130 valence electrons. The fourth-order valence-corrected chi connectivity index (χ4v) is 2.76. The first-order valence-corrected chi connectivity index (χ1v) is 8.35. The number of carbonyl (C=O) groups is 2. The lowest BCUT2D eigenvalue weighted by atomic mass is 10.1. The third-order valence-corrected chi connectivity index (χ3v) is 4.37. The lowest BCUT2D eigenvalue weighted by Crippen LogP contribution is -2.47. The number of rotatable bonds is 3. The summed E-state index contributed by atoms with van der Waals surface area (Å²) in [6, 6.07) is 10.6. The monoisotopic (exact) mass is 338 g/mol. The number of benzene rings is 1. The maximum atomic E-state index is 12.8. The molecule has 0 aliphatic carbocycles. The van der Waals surface area contributed by atoms with Crippen molar-refractivity contribution in [1.82, 2.24) is 14.8 Å². The molecule has 1 aliphatic rings. The van der Waals surface area contributed by atoms with E-state index in [2.05, 4.69) is 15.2 Å². The number of nitrogens with one attached hydrogen (secondary N) is 1. The first kappa shape index (κ1) is 17.1. The highest BCUT2D eigenvalue weighted by molar-refractivity contribution is 6.08. The van der Waals surface area contributed by atoms with Gasteiger partial charge in [-0.3, -0.25) is 14.6 Å². The number of likely N-dealkylation sites (N-methyl/N-ethyl adjacent to an activating group) is 1. The Morgan fingerprint density at radius 2 is 1.76 bits per heavy atom. The van der Waals surface area contributed by atoms with E-state index in [1.807, 2.05) is 31.0 Å². The van der Waals surface area contributed by atoms with Crippen molar-refractivity contribution in [3.8, 4) is 0 Å². The van der Waals surface area contributed by atoms with Crippen molar-refractivity contribution in [2.75, 3.05) is 38.5 Å². The summed E-state index contributed by atoms with van der Waals surface area (Å²) in [5.74, 6) is -0.322. The Kier molecular flexibility index (Phi) is 5.09. The van der Waals surface area contributed by atoms with Gasteiger partial charge in [0.15, 0.2) is 0 Å². The molecule has 0 bridgehead atoms. The third-order valence-electron chi connectivity index (χ3n) is 4.37. The molecule has 1 saturated heterocycles. The standard InChI is InChI=1S/C19H22N4O2/c1-14-7-8-15(13-20-14)18(24)21-17-6-4-3-5-16(17)19(25)23-11-9-22(2)10-12-23/h3-8,13H,9-12H2,1-2H3,(H,21,24). The fraction of sp³-hybridized carbons (Fsp3) is 0.316. The van der Waals surface area contributed by atoms with Gasteiger partial charge in [-0.2, -0.15) is 0 Å². The molecule has 1 aliphatic heterocycles. The van der Waals surface area contributed by atoms with Crippen molar-refractivity contribution in [1.29, 1.82) is 0 Å². The van der Waals surface area contributed by atoms with Gasteiger partial charge in [-0.25, -0.2) is 0 Å². The van der Waals surface area contributed by atoms with Gasteiger partial charge in [-0.15, -0.1) is 0 Å². The third kappa shape index (κ3) is 4.03. The molecule has 1 fully saturated rings. The van der Waals surface area contributed by atoms with Crippen LogP contribution in [0.3, 0.4) is 0 Å². The second-order valence-corrected chi connectivity index (χ2v) is 6.28. The molecule has 1 aromatic carbocycles. The minimum atomic E-state index is -0.272. The first-order valence-electron chi connectivity index (χ1n) is 8.35. The van der Waals surface area contributed by atoms with Crippen molar-refractivity contribution in [3.63, 3.8) is 0 Å². The van der Waals surface area contributed by atoms with Crippen molar-refractivity contribution < 1.29 is 9.59 Å². The van der Waals surface area contributed by atoms with E-state index in [0.29, 0.717) is 29.9 Å². The minimum absolute atomic E-state index is 0.0500. The number of piperazine rings is 1. The van der Waals surface area contributed by atoms with Crippen molar-refractivity contribution >= 4 is 17.5 Å². The van der Waals surface area contributed by atoms with Crippen LogP contribution < -0.4 is 5.32 Å². The van der Waals surface area contributed by atoms with E-state index in [-0.39, 0.29) is 11.8 Å². The van der Waals surface area contributed by atoms with Gasteiger partial charge in [0.1, 0.15) is 0 Å². The van der Waals surface area contributed by atoms with E-state index in [9.17, 15) is 9.59 Å². The van der Waals surface area contributed by atoms with Crippen LogP contribution in [0.25, 0.3) is 0 Å². The Morgan fingerprint density at radius 3 is 2.44 bits per heavy atom. The van der Waals surface area contributed by atoms with Crippen LogP contribution in [0, 0.1) is 6.92 Å². The highest BCUT2D eigenvalue weighted by Crippen LogP contribution is 2.19. The second-order valence-electron chi connectivity index (χ2n) is 6.28. The maximum Gasteiger partial charge on any atom is 0.257 e. The molecule has 6 heteroatoms. The summed E-state index contributed by atoms with van der Waals surface area (Å²) in [5.41, 5.74) is 2.35. The molecule has 0 unspecified atom stereocenters. The molecule has 1 N–H and O–H groups in total. The molecule has 2 amide bonds. The van der Waals surface area contributed by atoms with E-state index in [1.54, 1.807) is 24.3 Å². The van der Waals surface area contributed by atoms with Gasteiger partial charge in [0.05, 0.1) is 16.8 Å². The van der Waals surface area contributed by atoms with Crippen molar-refractivity contribution in [2.24, 2.45) is 0 Å². The molecular weight excluding hydrogens is 316 g/mol. The Bertz CT molecular complexity index is 765. The van der Waals surface area contributed by atoms with Crippen LogP contribution in [-0.2, 0) is 0 Å². The molecule has 0 atom stereocenters. The Balaban J connectivity index is 1.77. The topological polar surface area (TPSA) is 65.5 Å². The van der Waals surface area contributed by atoms with Crippen LogP contribution in [0.15, 0.2) is 42.6 Å². The quantitative estimate of drug-likeness (QED) is 0.930. The Morgan fingerprint density at radius 1 is 1.04 bits per heavy atom. The number of pyridine rings is 1. The average molecular weight is 338 g/mol. The number of aryl methyl sites for hydroxylation is 1. The number of para-hydroxylation sites is 1. The van der Waals surface area contributed by atoms with E-state index in [4.69, 9.17) is 0 Å². The molecular formula is C19H22N4O2. The second kappa shape index (κ2) is 7.44. The SMILES string of the molecule is Cc1ccc(C(=O)Nc2ccccc2C(=O)N2CCN(C)CC2)cn1. The molecule has 0 spiro atoms. The first-order chi connectivity index (χ1) is 12.0. The summed E-state index contributed by atoms with van der Waals surface area (Å²) in [5, 5.41) is 2.84. The number of aromatic nitrogens is 1. The summed E-state index contributed by atoms with van der Waals surface area (Å²) >= 11 is 0. The van der Waals surface area contributed by atoms with E-state index in [1.165, 1.54) is 6.20 Å². The van der Waals surface area contributed by atoms with Gasteiger partial charge in [-0.05, 0) is 38.2 Å². The van der Waals surface area contributed by atoms with Crippen LogP contribution in [0.2, 0.25) is 0 Å². The van der Waals surface area contributed by atoms with Gasteiger partial charge < -0.3 is 15.1 Å². The lowest BCUT2D eigenvalue weighted by Gasteiger charge is -2.32. The zero-order valence-corrected chi connectivity index (χ0v) is 14.5. The molecule has 0 saturated carbocycles. The molecule has 6 nitrogen and oxygen atoms in total. The molecule has 3 rings (SSSR count). The summed E-state index contributed by atoms with van der Waals surface area (Å²) < 4.78 is 0. The summed E-state index contributed by atoms with van der Waals surface area (Å²) in [6.45, 7) is 4.97. The smallest absolute Gasteiger partial charge is 0.257 e. The number of carbonyl (C=O) groups excluding carboxylic acids is 2. The van der Waals surface area contributed by atoms with Gasteiger partial charge in [0.25, 0.3) is 11.8 Å². The highest BCUT2D eigenvalue weighted by atomic mass is 16.2. The summed E-state index contributed by atoms with van der Waals surface area (Å²) in [7, 11) is 2.05. The largest absolute Gasteiger partial charge is 0.336 e. The average Bonchev–Trinajstić information content (AvgIpc) is 2.63. The maximum absolute atomic E-state index is 12.8. The van der Waals surface area contributed by atoms with Gasteiger partial charge in [0.2, 0.25) is 0 Å². The molecule has 2 heterocycles. The van der Waals surface area contributed by atoms with E-state index < -0.39 is 0 Å². The van der Waals surface area contributed by atoms with Crippen molar-refractivity contribution in [2.45, 2.75) is 6.92 Å². The van der Waals surface area contributed by atoms with E-state index >= 15 is 0 Å². The van der Waals surface area contributed by atoms with E-state index in [0.717, 1.165) is 18.8 Å². The molecule has 25 heavy (non-hydrogen) atoms. The van der Waals surface area contributed by atoms with Crippen LogP contribution >= 0.6 is 0 Å². The molecule has 2 aromatic rings. The van der Waals surface area contributed by atoms with Crippen LogP contribution in [0.5, 0.6) is 0 Å². The zero-order chi connectivity index (χ0) is 17.8. The normalized spacial score (nSPS) is 15.0. The van der Waals surface area contributed by atoms with Gasteiger partial charge in [-0.1, -0.05) is 12.1 Å². The Hall–Kier alpha value is -2.73. The predicted molar refractivity (Wildman–Crippen MR) is 96.8 cm³/mol. The van der Waals surface area contributed by atoms with Gasteiger partial charge >= 0.3 is 0 Å². The van der Waals surface area contributed by atoms with Crippen molar-refractivity contribution in [3.05, 3.63) is 59.4 Å². The highest BCUT2D eigenvalue weighted by Gasteiger charge is 2.23. The molecule has 1 aromatic heterocycles. The van der Waals surface area contributed by atoms with Crippen LogP contribution in [0.1, 0.15) is 26.4 Å². The number of nitrogens with zero attached hydrogens (tertiary/aromatic N) is 3. The molecule has 0 radical (unpaired) electrons. The van der Waals surface area contributed by atoms with Crippen LogP contribution in [0.4, 0.5) is 5.69 Å². The number of hydrogen-bond acceptors (Lipinski definition) is 4. The summed E-state index contributed by atoms with van der Waals surface area (Å²) in [6.07, 6.45) is 1.54. The number of hydrogen-bond donors (Lipinski definition) is 1.